The van der Waals surface area contributed by atoms with Crippen LogP contribution in [-0.4, -0.2) is 24.0 Å². The van der Waals surface area contributed by atoms with E-state index < -0.39 is 0 Å². The minimum Gasteiger partial charge on any atom is -0.357 e. The summed E-state index contributed by atoms with van der Waals surface area (Å²) in [6.45, 7) is 0.845. The molecular formula is C6H11NOS. The zero-order valence-corrected chi connectivity index (χ0v) is 6.33. The average Bonchev–Trinajstić information content (AvgIpc) is 2.65. The Balaban J connectivity index is 2.17. The van der Waals surface area contributed by atoms with Gasteiger partial charge in [0.2, 0.25) is 6.41 Å². The Morgan fingerprint density at radius 2 is 2.44 bits per heavy atom. The molecule has 0 aromatic heterocycles. The van der Waals surface area contributed by atoms with E-state index in [1.807, 2.05) is 11.8 Å². The summed E-state index contributed by atoms with van der Waals surface area (Å²) in [4.78, 5) is 9.87. The quantitative estimate of drug-likeness (QED) is 0.588. The van der Waals surface area contributed by atoms with Crippen LogP contribution in [0.5, 0.6) is 0 Å². The van der Waals surface area contributed by atoms with Crippen molar-refractivity contribution in [3.8, 4) is 0 Å². The van der Waals surface area contributed by atoms with Crippen molar-refractivity contribution in [2.75, 3.05) is 12.8 Å². The highest BCUT2D eigenvalue weighted by atomic mass is 32.2. The van der Waals surface area contributed by atoms with Crippen molar-refractivity contribution in [2.24, 2.45) is 0 Å². The highest BCUT2D eigenvalue weighted by Gasteiger charge is 2.41. The zero-order chi connectivity index (χ0) is 6.74. The molecule has 0 aromatic carbocycles. The Hall–Kier alpha value is -0.180. The van der Waals surface area contributed by atoms with E-state index in [4.69, 9.17) is 0 Å². The topological polar surface area (TPSA) is 29.1 Å². The average molecular weight is 145 g/mol. The lowest BCUT2D eigenvalue weighted by molar-refractivity contribution is -0.109. The predicted molar refractivity (Wildman–Crippen MR) is 39.5 cm³/mol. The third-order valence-corrected chi connectivity index (χ3v) is 3.17. The molecule has 0 spiro atoms. The number of carbonyl (C=O) groups is 1. The van der Waals surface area contributed by atoms with Crippen LogP contribution in [0.2, 0.25) is 0 Å². The summed E-state index contributed by atoms with van der Waals surface area (Å²) in [6, 6.07) is 0. The van der Waals surface area contributed by atoms with Crippen LogP contribution in [0.4, 0.5) is 0 Å². The molecule has 52 valence electrons. The fourth-order valence-electron chi connectivity index (χ4n) is 0.820. The fraction of sp³-hybridized carbons (Fsp3) is 0.833. The molecule has 0 atom stereocenters. The molecule has 0 bridgehead atoms. The second-order valence-corrected chi connectivity index (χ2v) is 3.66. The molecule has 3 heteroatoms. The molecule has 1 saturated carbocycles. The molecule has 0 aromatic rings. The molecule has 0 heterocycles. The van der Waals surface area contributed by atoms with Crippen LogP contribution in [0.3, 0.4) is 0 Å². The lowest BCUT2D eigenvalue weighted by Crippen LogP contribution is -2.24. The fourth-order valence-corrected chi connectivity index (χ4v) is 1.56. The number of rotatable bonds is 4. The lowest BCUT2D eigenvalue weighted by Gasteiger charge is -2.08. The van der Waals surface area contributed by atoms with Gasteiger partial charge in [-0.15, -0.1) is 0 Å². The van der Waals surface area contributed by atoms with E-state index in [-0.39, 0.29) is 0 Å². The molecule has 0 saturated heterocycles. The van der Waals surface area contributed by atoms with Gasteiger partial charge >= 0.3 is 0 Å². The van der Waals surface area contributed by atoms with Gasteiger partial charge in [0.1, 0.15) is 0 Å². The summed E-state index contributed by atoms with van der Waals surface area (Å²) in [5, 5.41) is 2.70. The smallest absolute Gasteiger partial charge is 0.207 e. The molecule has 1 rings (SSSR count). The van der Waals surface area contributed by atoms with Gasteiger partial charge < -0.3 is 5.32 Å². The third kappa shape index (κ3) is 1.61. The van der Waals surface area contributed by atoms with Crippen molar-refractivity contribution in [3.63, 3.8) is 0 Å². The SMILES string of the molecule is CSC1(CNC=O)CC1. The van der Waals surface area contributed by atoms with Crippen LogP contribution in [0.1, 0.15) is 12.8 Å². The Labute approximate surface area is 59.4 Å². The number of nitrogens with one attached hydrogen (secondary N) is 1. The summed E-state index contributed by atoms with van der Waals surface area (Å²) in [6.07, 6.45) is 5.39. The van der Waals surface area contributed by atoms with E-state index in [1.165, 1.54) is 12.8 Å². The first-order valence-electron chi connectivity index (χ1n) is 3.05. The van der Waals surface area contributed by atoms with Crippen LogP contribution in [0.25, 0.3) is 0 Å². The van der Waals surface area contributed by atoms with Crippen LogP contribution >= 0.6 is 11.8 Å². The molecule has 1 amide bonds. The molecule has 1 fully saturated rings. The van der Waals surface area contributed by atoms with Gasteiger partial charge in [0.15, 0.2) is 0 Å². The number of carbonyl (C=O) groups excluding carboxylic acids is 1. The Kier molecular flexibility index (Phi) is 2.01. The molecule has 9 heavy (non-hydrogen) atoms. The summed E-state index contributed by atoms with van der Waals surface area (Å²) in [5.74, 6) is 0. The predicted octanol–water partition coefficient (Wildman–Crippen LogP) is 0.628. The number of thioether (sulfide) groups is 1. The van der Waals surface area contributed by atoms with Crippen molar-refractivity contribution in [1.82, 2.24) is 5.32 Å². The summed E-state index contributed by atoms with van der Waals surface area (Å²) in [7, 11) is 0. The summed E-state index contributed by atoms with van der Waals surface area (Å²) >= 11 is 1.86. The van der Waals surface area contributed by atoms with Crippen molar-refractivity contribution < 1.29 is 4.79 Å². The summed E-state index contributed by atoms with van der Waals surface area (Å²) in [5.41, 5.74) is 0. The Bertz CT molecular complexity index is 112. The standard InChI is InChI=1S/C6H11NOS/c1-9-6(2-3-6)4-7-5-8/h5H,2-4H2,1H3,(H,7,8). The highest BCUT2D eigenvalue weighted by Crippen LogP contribution is 2.46. The number of hydrogen-bond donors (Lipinski definition) is 1. The Morgan fingerprint density at radius 3 is 2.78 bits per heavy atom. The molecular weight excluding hydrogens is 134 g/mol. The van der Waals surface area contributed by atoms with E-state index in [0.29, 0.717) is 4.75 Å². The van der Waals surface area contributed by atoms with Crippen molar-refractivity contribution in [2.45, 2.75) is 17.6 Å². The normalized spacial score (nSPS) is 21.0. The van der Waals surface area contributed by atoms with E-state index in [9.17, 15) is 4.79 Å². The van der Waals surface area contributed by atoms with Crippen LogP contribution in [0, 0.1) is 0 Å². The van der Waals surface area contributed by atoms with E-state index in [1.54, 1.807) is 0 Å². The maximum Gasteiger partial charge on any atom is 0.207 e. The van der Waals surface area contributed by atoms with E-state index >= 15 is 0 Å². The van der Waals surface area contributed by atoms with Gasteiger partial charge in [-0.05, 0) is 19.1 Å². The van der Waals surface area contributed by atoms with Gasteiger partial charge in [0.05, 0.1) is 0 Å². The minimum atomic E-state index is 0.418. The van der Waals surface area contributed by atoms with Crippen LogP contribution in [0.15, 0.2) is 0 Å². The first kappa shape index (κ1) is 6.93. The minimum absolute atomic E-state index is 0.418. The van der Waals surface area contributed by atoms with Gasteiger partial charge in [-0.2, -0.15) is 11.8 Å². The van der Waals surface area contributed by atoms with Crippen molar-refractivity contribution in [3.05, 3.63) is 0 Å². The number of hydrogen-bond acceptors (Lipinski definition) is 2. The second kappa shape index (κ2) is 2.60. The first-order valence-corrected chi connectivity index (χ1v) is 4.28. The first-order chi connectivity index (χ1) is 4.33. The molecule has 0 unspecified atom stereocenters. The maximum absolute atomic E-state index is 9.87. The summed E-state index contributed by atoms with van der Waals surface area (Å²) < 4.78 is 0.418. The largest absolute Gasteiger partial charge is 0.357 e. The Morgan fingerprint density at radius 1 is 1.78 bits per heavy atom. The molecule has 0 aliphatic heterocycles. The second-order valence-electron chi connectivity index (χ2n) is 2.39. The zero-order valence-electron chi connectivity index (χ0n) is 5.52. The van der Waals surface area contributed by atoms with Crippen molar-refractivity contribution in [1.29, 1.82) is 0 Å². The molecule has 1 aliphatic rings. The molecule has 1 N–H and O–H groups in total. The van der Waals surface area contributed by atoms with Crippen molar-refractivity contribution >= 4 is 18.2 Å². The van der Waals surface area contributed by atoms with E-state index in [0.717, 1.165) is 13.0 Å². The van der Waals surface area contributed by atoms with Gasteiger partial charge in [-0.3, -0.25) is 4.79 Å². The maximum atomic E-state index is 9.87. The van der Waals surface area contributed by atoms with Gasteiger partial charge in [-0.1, -0.05) is 0 Å². The van der Waals surface area contributed by atoms with Crippen LogP contribution < -0.4 is 5.32 Å². The van der Waals surface area contributed by atoms with Gasteiger partial charge in [0.25, 0.3) is 0 Å². The van der Waals surface area contributed by atoms with Gasteiger partial charge in [0, 0.05) is 11.3 Å². The van der Waals surface area contributed by atoms with E-state index in [2.05, 4.69) is 11.6 Å². The number of amides is 1. The van der Waals surface area contributed by atoms with Crippen LogP contribution in [-0.2, 0) is 4.79 Å². The highest BCUT2D eigenvalue weighted by molar-refractivity contribution is 8.00. The third-order valence-electron chi connectivity index (χ3n) is 1.75. The lowest BCUT2D eigenvalue weighted by atomic mass is 10.4. The molecule has 2 nitrogen and oxygen atoms in total. The van der Waals surface area contributed by atoms with Gasteiger partial charge in [-0.25, -0.2) is 0 Å². The molecule has 1 aliphatic carbocycles. The molecule has 0 radical (unpaired) electrons. The monoisotopic (exact) mass is 145 g/mol.